The first-order valence-electron chi connectivity index (χ1n) is 11.1. The van der Waals surface area contributed by atoms with Gasteiger partial charge in [-0.3, -0.25) is 4.90 Å². The predicted molar refractivity (Wildman–Crippen MR) is 130 cm³/mol. The van der Waals surface area contributed by atoms with E-state index in [0.717, 1.165) is 51.2 Å². The number of methoxy groups -OCH3 is 1. The maximum atomic E-state index is 6.39. The number of nitrogens with zero attached hydrogens (tertiary/aromatic N) is 4. The number of aromatic nitrogens is 3. The molecule has 4 heterocycles. The van der Waals surface area contributed by atoms with Gasteiger partial charge in [-0.15, -0.1) is 11.3 Å². The summed E-state index contributed by atoms with van der Waals surface area (Å²) >= 11 is 7.95. The van der Waals surface area contributed by atoms with E-state index in [1.54, 1.807) is 18.4 Å². The van der Waals surface area contributed by atoms with Crippen LogP contribution >= 0.6 is 22.9 Å². The lowest BCUT2D eigenvalue weighted by molar-refractivity contribution is -0.0416. The third kappa shape index (κ3) is 5.79. The van der Waals surface area contributed by atoms with Crippen molar-refractivity contribution < 1.29 is 18.9 Å². The fraction of sp³-hybridized carbons (Fsp3) is 0.609. The SMILES string of the molecule is COCCOCCOCCN(C)Cc1c2c(nc3sc4c(Cl)ncnc4c13)CC(C)(C)OC2. The van der Waals surface area contributed by atoms with E-state index in [1.807, 2.05) is 0 Å². The zero-order valence-corrected chi connectivity index (χ0v) is 21.2. The van der Waals surface area contributed by atoms with E-state index in [0.29, 0.717) is 44.8 Å². The number of fused-ring (bicyclic) bond motifs is 4. The Morgan fingerprint density at radius 2 is 1.91 bits per heavy atom. The van der Waals surface area contributed by atoms with Crippen LogP contribution in [0.1, 0.15) is 30.7 Å². The van der Waals surface area contributed by atoms with E-state index < -0.39 is 0 Å². The minimum atomic E-state index is -0.232. The van der Waals surface area contributed by atoms with Crippen LogP contribution in [-0.4, -0.2) is 79.2 Å². The van der Waals surface area contributed by atoms with E-state index in [2.05, 4.69) is 35.8 Å². The van der Waals surface area contributed by atoms with Gasteiger partial charge in [0.1, 0.15) is 16.3 Å². The smallest absolute Gasteiger partial charge is 0.150 e. The third-order valence-corrected chi connectivity index (χ3v) is 7.19. The number of ether oxygens (including phenoxy) is 4. The number of hydrogen-bond donors (Lipinski definition) is 0. The minimum absolute atomic E-state index is 0.232. The summed E-state index contributed by atoms with van der Waals surface area (Å²) in [5.41, 5.74) is 4.10. The van der Waals surface area contributed by atoms with Crippen molar-refractivity contribution >= 4 is 43.4 Å². The molecule has 33 heavy (non-hydrogen) atoms. The van der Waals surface area contributed by atoms with E-state index in [-0.39, 0.29) is 5.60 Å². The zero-order valence-electron chi connectivity index (χ0n) is 19.6. The Hall–Kier alpha value is -1.46. The molecule has 0 fully saturated rings. The summed E-state index contributed by atoms with van der Waals surface area (Å²) in [4.78, 5) is 17.0. The van der Waals surface area contributed by atoms with Gasteiger partial charge in [0.25, 0.3) is 0 Å². The molecule has 0 unspecified atom stereocenters. The fourth-order valence-corrected chi connectivity index (χ4v) is 5.29. The first-order valence-corrected chi connectivity index (χ1v) is 12.3. The van der Waals surface area contributed by atoms with E-state index in [1.165, 1.54) is 11.9 Å². The number of likely N-dealkylation sites (N-methyl/N-ethyl adjacent to an activating group) is 1. The Labute approximate surface area is 203 Å². The molecule has 0 N–H and O–H groups in total. The average molecular weight is 495 g/mol. The van der Waals surface area contributed by atoms with Gasteiger partial charge in [-0.1, -0.05) is 11.6 Å². The molecule has 0 saturated carbocycles. The van der Waals surface area contributed by atoms with Crippen LogP contribution in [0.4, 0.5) is 0 Å². The van der Waals surface area contributed by atoms with Crippen molar-refractivity contribution in [3.8, 4) is 0 Å². The molecule has 8 nitrogen and oxygen atoms in total. The molecule has 0 amide bonds. The standard InChI is InChI=1S/C23H31ClN4O4S/c1-23(2)11-17-16(13-32-23)15(12-28(3)5-6-30-9-10-31-8-7-29-4)18-19-20(33-22(18)27-17)21(24)26-14-25-19/h14H,5-13H2,1-4H3. The summed E-state index contributed by atoms with van der Waals surface area (Å²) in [6.07, 6.45) is 2.29. The molecular weight excluding hydrogens is 464 g/mol. The average Bonchev–Trinajstić information content (AvgIpc) is 3.14. The number of halogens is 1. The van der Waals surface area contributed by atoms with Gasteiger partial charge in [0.2, 0.25) is 0 Å². The Kier molecular flexibility index (Phi) is 8.11. The molecule has 180 valence electrons. The Morgan fingerprint density at radius 3 is 2.70 bits per heavy atom. The van der Waals surface area contributed by atoms with Crippen LogP contribution in [0.3, 0.4) is 0 Å². The second-order valence-electron chi connectivity index (χ2n) is 8.82. The van der Waals surface area contributed by atoms with Crippen LogP contribution in [0.5, 0.6) is 0 Å². The molecule has 1 aliphatic heterocycles. The molecule has 0 radical (unpaired) electrons. The summed E-state index contributed by atoms with van der Waals surface area (Å²) in [6, 6.07) is 0. The van der Waals surface area contributed by atoms with Crippen molar-refractivity contribution in [2.24, 2.45) is 0 Å². The van der Waals surface area contributed by atoms with Gasteiger partial charge in [0, 0.05) is 37.6 Å². The molecule has 1 aliphatic rings. The van der Waals surface area contributed by atoms with Gasteiger partial charge < -0.3 is 18.9 Å². The maximum Gasteiger partial charge on any atom is 0.150 e. The lowest BCUT2D eigenvalue weighted by atomic mass is 9.92. The van der Waals surface area contributed by atoms with Crippen LogP contribution in [0.15, 0.2) is 6.33 Å². The molecule has 3 aromatic heterocycles. The van der Waals surface area contributed by atoms with Crippen LogP contribution in [0.25, 0.3) is 20.4 Å². The third-order valence-electron chi connectivity index (χ3n) is 5.71. The van der Waals surface area contributed by atoms with Crippen molar-refractivity contribution in [3.63, 3.8) is 0 Å². The molecule has 0 bridgehead atoms. The van der Waals surface area contributed by atoms with Gasteiger partial charge in [-0.25, -0.2) is 15.0 Å². The highest BCUT2D eigenvalue weighted by Gasteiger charge is 2.31. The van der Waals surface area contributed by atoms with Gasteiger partial charge in [-0.2, -0.15) is 0 Å². The minimum Gasteiger partial charge on any atom is -0.382 e. The predicted octanol–water partition coefficient (Wildman–Crippen LogP) is 3.86. The van der Waals surface area contributed by atoms with Gasteiger partial charge in [0.05, 0.1) is 61.2 Å². The Morgan fingerprint density at radius 1 is 1.15 bits per heavy atom. The quantitative estimate of drug-likeness (QED) is 0.294. The monoisotopic (exact) mass is 494 g/mol. The van der Waals surface area contributed by atoms with Crippen LogP contribution in [0.2, 0.25) is 5.15 Å². The molecule has 0 atom stereocenters. The van der Waals surface area contributed by atoms with Gasteiger partial charge >= 0.3 is 0 Å². The van der Waals surface area contributed by atoms with Crippen molar-refractivity contribution in [2.75, 3.05) is 53.7 Å². The van der Waals surface area contributed by atoms with Crippen molar-refractivity contribution in [1.29, 1.82) is 0 Å². The van der Waals surface area contributed by atoms with Crippen LogP contribution in [0, 0.1) is 0 Å². The van der Waals surface area contributed by atoms with E-state index in [9.17, 15) is 0 Å². The second-order valence-corrected chi connectivity index (χ2v) is 10.2. The van der Waals surface area contributed by atoms with Gasteiger partial charge in [-0.05, 0) is 26.5 Å². The van der Waals surface area contributed by atoms with Crippen molar-refractivity contribution in [3.05, 3.63) is 28.3 Å². The molecule has 10 heteroatoms. The van der Waals surface area contributed by atoms with Crippen molar-refractivity contribution in [1.82, 2.24) is 19.9 Å². The number of pyridine rings is 1. The van der Waals surface area contributed by atoms with E-state index >= 15 is 0 Å². The summed E-state index contributed by atoms with van der Waals surface area (Å²) in [7, 11) is 3.76. The molecule has 3 aromatic rings. The first kappa shape index (κ1) is 24.7. The Balaban J connectivity index is 1.53. The number of thiophene rings is 1. The molecular formula is C23H31ClN4O4S. The molecule has 0 aliphatic carbocycles. The highest BCUT2D eigenvalue weighted by molar-refractivity contribution is 7.26. The number of rotatable bonds is 11. The highest BCUT2D eigenvalue weighted by Crippen LogP contribution is 2.41. The van der Waals surface area contributed by atoms with Crippen LogP contribution in [-0.2, 0) is 38.5 Å². The summed E-state index contributed by atoms with van der Waals surface area (Å²) < 4.78 is 23.2. The molecule has 4 rings (SSSR count). The Bertz CT molecular complexity index is 1110. The molecule has 0 spiro atoms. The fourth-order valence-electron chi connectivity index (χ4n) is 3.98. The van der Waals surface area contributed by atoms with Crippen LogP contribution < -0.4 is 0 Å². The summed E-state index contributed by atoms with van der Waals surface area (Å²) in [5, 5.41) is 1.53. The summed E-state index contributed by atoms with van der Waals surface area (Å²) in [6.45, 7) is 9.25. The normalized spacial score (nSPS) is 15.6. The van der Waals surface area contributed by atoms with Gasteiger partial charge in [0.15, 0.2) is 0 Å². The maximum absolute atomic E-state index is 6.39. The number of hydrogen-bond acceptors (Lipinski definition) is 9. The lowest BCUT2D eigenvalue weighted by Gasteiger charge is -2.33. The largest absolute Gasteiger partial charge is 0.382 e. The molecule has 0 aromatic carbocycles. The highest BCUT2D eigenvalue weighted by atomic mass is 35.5. The summed E-state index contributed by atoms with van der Waals surface area (Å²) in [5.74, 6) is 0. The first-order chi connectivity index (χ1) is 15.9. The second kappa shape index (κ2) is 10.9. The zero-order chi connectivity index (χ0) is 23.4. The molecule has 0 saturated heterocycles. The lowest BCUT2D eigenvalue weighted by Crippen LogP contribution is -2.34. The van der Waals surface area contributed by atoms with E-state index in [4.69, 9.17) is 35.5 Å². The van der Waals surface area contributed by atoms with Crippen molar-refractivity contribution in [2.45, 2.75) is 39.0 Å². The topological polar surface area (TPSA) is 78.8 Å².